The van der Waals surface area contributed by atoms with E-state index in [2.05, 4.69) is 0 Å². The van der Waals surface area contributed by atoms with Gasteiger partial charge in [-0.05, 0) is 20.8 Å². The summed E-state index contributed by atoms with van der Waals surface area (Å²) in [5.41, 5.74) is -0.493. The van der Waals surface area contributed by atoms with E-state index in [1.807, 2.05) is 20.8 Å². The zero-order valence-corrected chi connectivity index (χ0v) is 17.9. The Morgan fingerprint density at radius 1 is 0.741 bits per heavy atom. The Balaban J connectivity index is 3.26. The molecule has 0 aliphatic rings. The van der Waals surface area contributed by atoms with Crippen LogP contribution in [-0.2, 0) is 28.4 Å². The topological polar surface area (TPSA) is 75.7 Å². The third-order valence-corrected chi connectivity index (χ3v) is 3.14. The van der Waals surface area contributed by atoms with E-state index < -0.39 is 5.60 Å². The SMILES string of the molecule is CN(CCOCCOCCOCCOCCOCCCl)C(=O)OC(C)(C)C. The molecule has 0 fully saturated rings. The third kappa shape index (κ3) is 19.9. The fraction of sp³-hybridized carbons (Fsp3) is 0.944. The number of amides is 1. The fourth-order valence-electron chi connectivity index (χ4n) is 1.67. The normalized spacial score (nSPS) is 11.6. The Kier molecular flexibility index (Phi) is 17.0. The van der Waals surface area contributed by atoms with Gasteiger partial charge in [-0.2, -0.15) is 0 Å². The fourth-order valence-corrected chi connectivity index (χ4v) is 1.78. The van der Waals surface area contributed by atoms with Gasteiger partial charge in [-0.25, -0.2) is 4.79 Å². The van der Waals surface area contributed by atoms with E-state index in [1.54, 1.807) is 7.05 Å². The molecule has 162 valence electrons. The van der Waals surface area contributed by atoms with E-state index in [-0.39, 0.29) is 6.09 Å². The maximum absolute atomic E-state index is 11.7. The lowest BCUT2D eigenvalue weighted by atomic mass is 10.2. The number of ether oxygens (including phenoxy) is 6. The van der Waals surface area contributed by atoms with Gasteiger partial charge in [-0.15, -0.1) is 11.6 Å². The summed E-state index contributed by atoms with van der Waals surface area (Å²) in [5.74, 6) is 0.497. The van der Waals surface area contributed by atoms with Crippen molar-refractivity contribution in [1.29, 1.82) is 0 Å². The van der Waals surface area contributed by atoms with Gasteiger partial charge < -0.3 is 33.3 Å². The van der Waals surface area contributed by atoms with Crippen LogP contribution in [0.1, 0.15) is 20.8 Å². The number of alkyl halides is 1. The first kappa shape index (κ1) is 26.4. The lowest BCUT2D eigenvalue weighted by molar-refractivity contribution is -0.0122. The van der Waals surface area contributed by atoms with Crippen LogP contribution in [0.25, 0.3) is 0 Å². The van der Waals surface area contributed by atoms with E-state index in [1.165, 1.54) is 4.90 Å². The van der Waals surface area contributed by atoms with Gasteiger partial charge in [0.1, 0.15) is 5.60 Å². The second-order valence-electron chi connectivity index (χ2n) is 6.65. The Hall–Kier alpha value is -0.640. The Morgan fingerprint density at radius 3 is 1.48 bits per heavy atom. The van der Waals surface area contributed by atoms with Gasteiger partial charge >= 0.3 is 6.09 Å². The van der Waals surface area contributed by atoms with Crippen molar-refractivity contribution in [2.24, 2.45) is 0 Å². The minimum atomic E-state index is -0.493. The largest absolute Gasteiger partial charge is 0.444 e. The quantitative estimate of drug-likeness (QED) is 0.267. The van der Waals surface area contributed by atoms with E-state index in [0.29, 0.717) is 78.5 Å². The van der Waals surface area contributed by atoms with Gasteiger partial charge in [-0.3, -0.25) is 0 Å². The number of hydrogen-bond donors (Lipinski definition) is 0. The zero-order valence-electron chi connectivity index (χ0n) is 17.2. The van der Waals surface area contributed by atoms with Crippen molar-refractivity contribution in [3.63, 3.8) is 0 Å². The molecule has 0 bridgehead atoms. The summed E-state index contributed by atoms with van der Waals surface area (Å²) in [5, 5.41) is 0. The molecule has 0 N–H and O–H groups in total. The molecule has 1 amide bonds. The Bertz CT molecular complexity index is 353. The molecule has 0 heterocycles. The monoisotopic (exact) mass is 413 g/mol. The molecule has 9 heteroatoms. The average molecular weight is 414 g/mol. The predicted molar refractivity (Wildman–Crippen MR) is 104 cm³/mol. The first-order valence-electron chi connectivity index (χ1n) is 9.25. The van der Waals surface area contributed by atoms with Gasteiger partial charge in [0.05, 0.1) is 66.1 Å². The molecule has 0 saturated heterocycles. The van der Waals surface area contributed by atoms with Gasteiger partial charge in [0.15, 0.2) is 0 Å². The number of hydrogen-bond acceptors (Lipinski definition) is 7. The van der Waals surface area contributed by atoms with Crippen LogP contribution >= 0.6 is 11.6 Å². The summed E-state index contributed by atoms with van der Waals surface area (Å²) in [6.45, 7) is 11.0. The molecule has 0 unspecified atom stereocenters. The summed E-state index contributed by atoms with van der Waals surface area (Å²) in [6, 6.07) is 0. The lowest BCUT2D eigenvalue weighted by Crippen LogP contribution is -2.36. The molecule has 8 nitrogen and oxygen atoms in total. The van der Waals surface area contributed by atoms with E-state index in [9.17, 15) is 4.79 Å². The molecule has 0 aromatic heterocycles. The minimum absolute atomic E-state index is 0.355. The highest BCUT2D eigenvalue weighted by Gasteiger charge is 2.19. The highest BCUT2D eigenvalue weighted by atomic mass is 35.5. The van der Waals surface area contributed by atoms with Crippen molar-refractivity contribution in [3.8, 4) is 0 Å². The van der Waals surface area contributed by atoms with E-state index in [4.69, 9.17) is 40.0 Å². The maximum atomic E-state index is 11.7. The van der Waals surface area contributed by atoms with Crippen LogP contribution in [0.4, 0.5) is 4.79 Å². The van der Waals surface area contributed by atoms with Crippen LogP contribution in [-0.4, -0.2) is 102 Å². The predicted octanol–water partition coefficient (Wildman–Crippen LogP) is 2.18. The van der Waals surface area contributed by atoms with Crippen LogP contribution in [0.2, 0.25) is 0 Å². The number of halogens is 1. The van der Waals surface area contributed by atoms with Crippen LogP contribution < -0.4 is 0 Å². The summed E-state index contributed by atoms with van der Waals surface area (Å²) in [7, 11) is 1.68. The van der Waals surface area contributed by atoms with Gasteiger partial charge in [-0.1, -0.05) is 0 Å². The number of carbonyl (C=O) groups excluding carboxylic acids is 1. The first-order chi connectivity index (χ1) is 12.9. The molecule has 0 aliphatic heterocycles. The van der Waals surface area contributed by atoms with Gasteiger partial charge in [0.25, 0.3) is 0 Å². The molecule has 0 radical (unpaired) electrons. The highest BCUT2D eigenvalue weighted by molar-refractivity contribution is 6.17. The second kappa shape index (κ2) is 17.5. The summed E-state index contributed by atoms with van der Waals surface area (Å²) in [4.78, 5) is 13.2. The van der Waals surface area contributed by atoms with Crippen molar-refractivity contribution >= 4 is 17.7 Å². The van der Waals surface area contributed by atoms with Crippen molar-refractivity contribution in [3.05, 3.63) is 0 Å². The van der Waals surface area contributed by atoms with E-state index in [0.717, 1.165) is 0 Å². The van der Waals surface area contributed by atoms with Crippen molar-refractivity contribution in [1.82, 2.24) is 4.90 Å². The number of rotatable bonds is 17. The molecular weight excluding hydrogens is 378 g/mol. The molecule has 0 saturated carbocycles. The Labute approximate surface area is 168 Å². The molecule has 0 spiro atoms. The number of nitrogens with zero attached hydrogens (tertiary/aromatic N) is 1. The molecule has 0 rings (SSSR count). The standard InChI is InChI=1S/C18H36ClNO7/c1-18(2,3)27-17(21)20(4)6-8-23-10-12-25-14-16-26-15-13-24-11-9-22-7-5-19/h5-16H2,1-4H3. The zero-order chi connectivity index (χ0) is 20.4. The van der Waals surface area contributed by atoms with Crippen molar-refractivity contribution < 1.29 is 33.2 Å². The van der Waals surface area contributed by atoms with Crippen LogP contribution in [0, 0.1) is 0 Å². The van der Waals surface area contributed by atoms with Crippen molar-refractivity contribution in [2.75, 3.05) is 85.5 Å². The second-order valence-corrected chi connectivity index (χ2v) is 7.03. The molecule has 27 heavy (non-hydrogen) atoms. The highest BCUT2D eigenvalue weighted by Crippen LogP contribution is 2.08. The van der Waals surface area contributed by atoms with E-state index >= 15 is 0 Å². The van der Waals surface area contributed by atoms with Crippen LogP contribution in [0.5, 0.6) is 0 Å². The molecular formula is C18H36ClNO7. The molecule has 0 aromatic carbocycles. The maximum Gasteiger partial charge on any atom is 0.410 e. The summed E-state index contributed by atoms with van der Waals surface area (Å²) >= 11 is 5.48. The molecule has 0 atom stereocenters. The van der Waals surface area contributed by atoms with Gasteiger partial charge in [0.2, 0.25) is 0 Å². The van der Waals surface area contributed by atoms with Crippen molar-refractivity contribution in [2.45, 2.75) is 26.4 Å². The third-order valence-electron chi connectivity index (χ3n) is 2.99. The summed E-state index contributed by atoms with van der Waals surface area (Å²) in [6.07, 6.45) is -0.355. The number of carbonyl (C=O) groups is 1. The van der Waals surface area contributed by atoms with Crippen LogP contribution in [0.15, 0.2) is 0 Å². The number of likely N-dealkylation sites (N-methyl/N-ethyl adjacent to an activating group) is 1. The molecule has 0 aliphatic carbocycles. The van der Waals surface area contributed by atoms with Gasteiger partial charge in [0, 0.05) is 19.5 Å². The first-order valence-corrected chi connectivity index (χ1v) is 9.79. The molecule has 0 aromatic rings. The summed E-state index contributed by atoms with van der Waals surface area (Å²) < 4.78 is 31.9. The smallest absolute Gasteiger partial charge is 0.410 e. The average Bonchev–Trinajstić information content (AvgIpc) is 2.59. The minimum Gasteiger partial charge on any atom is -0.444 e. The Morgan fingerprint density at radius 2 is 1.11 bits per heavy atom. The lowest BCUT2D eigenvalue weighted by Gasteiger charge is -2.24. The van der Waals surface area contributed by atoms with Crippen LogP contribution in [0.3, 0.4) is 0 Å².